The molecule has 2 fully saturated rings. The minimum absolute atomic E-state index is 0.325. The fourth-order valence-electron chi connectivity index (χ4n) is 6.76. The predicted molar refractivity (Wildman–Crippen MR) is 166 cm³/mol. The van der Waals surface area contributed by atoms with Gasteiger partial charge in [-0.2, -0.15) is 5.10 Å². The summed E-state index contributed by atoms with van der Waals surface area (Å²) in [5.41, 5.74) is 12.7. The Morgan fingerprint density at radius 3 is 2.37 bits per heavy atom. The van der Waals surface area contributed by atoms with E-state index in [9.17, 15) is 0 Å². The van der Waals surface area contributed by atoms with Crippen molar-refractivity contribution in [2.75, 3.05) is 44.3 Å². The molecule has 0 unspecified atom stereocenters. The Bertz CT molecular complexity index is 1650. The first-order valence-corrected chi connectivity index (χ1v) is 14.8. The van der Waals surface area contributed by atoms with Crippen LogP contribution in [0.15, 0.2) is 60.9 Å². The number of nitrogens with one attached hydrogen (secondary N) is 1. The Kier molecular flexibility index (Phi) is 6.84. The maximum absolute atomic E-state index is 6.43. The van der Waals surface area contributed by atoms with Crippen molar-refractivity contribution >= 4 is 33.4 Å². The highest BCUT2D eigenvalue weighted by Gasteiger charge is 2.30. The van der Waals surface area contributed by atoms with Crippen molar-refractivity contribution in [1.29, 1.82) is 0 Å². The zero-order chi connectivity index (χ0) is 27.9. The molecule has 3 N–H and O–H groups in total. The van der Waals surface area contributed by atoms with E-state index in [1.165, 1.54) is 55.6 Å². The van der Waals surface area contributed by atoms with Crippen molar-refractivity contribution in [1.82, 2.24) is 34.1 Å². The molecular weight excluding hydrogens is 510 g/mol. The molecule has 212 valence electrons. The van der Waals surface area contributed by atoms with Crippen LogP contribution in [0.25, 0.3) is 33.2 Å². The number of hydrogen-bond acceptors (Lipinski definition) is 7. The Hall–Kier alpha value is -3.95. The molecule has 3 aromatic heterocycles. The fraction of sp³-hybridized carbons (Fsp3) is 0.406. The van der Waals surface area contributed by atoms with Crippen LogP contribution < -0.4 is 11.1 Å². The lowest BCUT2D eigenvalue weighted by Crippen LogP contribution is -2.49. The molecule has 2 aliphatic rings. The third kappa shape index (κ3) is 4.93. The molecule has 0 amide bonds. The zero-order valence-corrected chi connectivity index (χ0v) is 24.0. The molecule has 7 rings (SSSR count). The molecule has 0 bridgehead atoms. The summed E-state index contributed by atoms with van der Waals surface area (Å²) in [4.78, 5) is 14.1. The summed E-state index contributed by atoms with van der Waals surface area (Å²) < 4.78 is 4.38. The van der Waals surface area contributed by atoms with Crippen LogP contribution in [0.4, 0.5) is 11.5 Å². The molecule has 5 aromatic rings. The zero-order valence-electron chi connectivity index (χ0n) is 24.0. The summed E-state index contributed by atoms with van der Waals surface area (Å²) in [6, 6.07) is 20.2. The van der Waals surface area contributed by atoms with Crippen LogP contribution in [0.3, 0.4) is 0 Å². The van der Waals surface area contributed by atoms with Crippen LogP contribution in [0.5, 0.6) is 0 Å². The van der Waals surface area contributed by atoms with Gasteiger partial charge in [-0.25, -0.2) is 14.6 Å². The number of piperazine rings is 1. The number of aryl methyl sites for hydroxylation is 1. The van der Waals surface area contributed by atoms with E-state index in [1.54, 1.807) is 6.33 Å². The number of nitrogens with two attached hydrogens (primary N) is 1. The Morgan fingerprint density at radius 2 is 1.61 bits per heavy atom. The second-order valence-electron chi connectivity index (χ2n) is 11.7. The highest BCUT2D eigenvalue weighted by molar-refractivity contribution is 5.98. The number of rotatable bonds is 6. The average Bonchev–Trinajstić information content (AvgIpc) is 3.56. The smallest absolute Gasteiger partial charge is 0.164 e. The maximum Gasteiger partial charge on any atom is 0.164 e. The van der Waals surface area contributed by atoms with Crippen LogP contribution in [-0.4, -0.2) is 73.4 Å². The average molecular weight is 550 g/mol. The second kappa shape index (κ2) is 10.8. The third-order valence-corrected chi connectivity index (χ3v) is 9.27. The Labute approximate surface area is 241 Å². The van der Waals surface area contributed by atoms with Crippen molar-refractivity contribution in [3.63, 3.8) is 0 Å². The van der Waals surface area contributed by atoms with Gasteiger partial charge in [0.1, 0.15) is 17.8 Å². The molecule has 0 radical (unpaired) electrons. The molecule has 4 heterocycles. The second-order valence-corrected chi connectivity index (χ2v) is 11.7. The lowest BCUT2D eigenvalue weighted by molar-refractivity contribution is 0.0815. The monoisotopic (exact) mass is 549 g/mol. The number of nitrogens with zero attached hydrogens (tertiary/aromatic N) is 7. The Balaban J connectivity index is 1.09. The predicted octanol–water partition coefficient (Wildman–Crippen LogP) is 4.91. The van der Waals surface area contributed by atoms with Gasteiger partial charge in [0.05, 0.1) is 18.0 Å². The number of nitrogen functional groups attached to an aromatic ring is 1. The van der Waals surface area contributed by atoms with Crippen molar-refractivity contribution in [3.8, 4) is 11.3 Å². The van der Waals surface area contributed by atoms with Gasteiger partial charge in [-0.15, -0.1) is 0 Å². The summed E-state index contributed by atoms with van der Waals surface area (Å²) in [5.74, 6) is 0.486. The molecule has 1 saturated heterocycles. The normalized spacial score (nSPS) is 20.6. The summed E-state index contributed by atoms with van der Waals surface area (Å²) in [7, 11) is 4.34. The molecule has 41 heavy (non-hydrogen) atoms. The standard InChI is InChI=1S/C32H39N9/c1-38-15-17-40(18-16-38)25-11-13-26(14-12-25)41-32-29(31(33)35-21-36-32)30(37-41)22-7-9-24(10-8-22)34-20-27-19-23-5-3-4-6-28(23)39(27)2/h3-10,19,21,25-26,34H,11-18,20H2,1-2H3,(H2,33,35,36)/t25-,26+. The van der Waals surface area contributed by atoms with Gasteiger partial charge in [-0.1, -0.05) is 30.3 Å². The lowest BCUT2D eigenvalue weighted by Gasteiger charge is -2.41. The molecule has 1 aliphatic carbocycles. The first kappa shape index (κ1) is 26.0. The first-order valence-electron chi connectivity index (χ1n) is 14.8. The molecular formula is C32H39N9. The van der Waals surface area contributed by atoms with Crippen molar-refractivity contribution < 1.29 is 0 Å². The van der Waals surface area contributed by atoms with Gasteiger partial charge in [-0.05, 0) is 62.4 Å². The highest BCUT2D eigenvalue weighted by Crippen LogP contribution is 2.37. The number of anilines is 2. The number of fused-ring (bicyclic) bond motifs is 2. The molecule has 1 saturated carbocycles. The molecule has 2 aromatic carbocycles. The third-order valence-electron chi connectivity index (χ3n) is 9.27. The first-order chi connectivity index (χ1) is 20.0. The largest absolute Gasteiger partial charge is 0.383 e. The quantitative estimate of drug-likeness (QED) is 0.311. The highest BCUT2D eigenvalue weighted by atomic mass is 15.3. The summed E-state index contributed by atoms with van der Waals surface area (Å²) >= 11 is 0. The van der Waals surface area contributed by atoms with Crippen LogP contribution >= 0.6 is 0 Å². The van der Waals surface area contributed by atoms with Gasteiger partial charge < -0.3 is 20.5 Å². The van der Waals surface area contributed by atoms with Gasteiger partial charge in [0.25, 0.3) is 0 Å². The summed E-state index contributed by atoms with van der Waals surface area (Å²) in [5, 5.41) is 10.8. The molecule has 9 nitrogen and oxygen atoms in total. The number of benzene rings is 2. The van der Waals surface area contributed by atoms with Crippen LogP contribution in [0.2, 0.25) is 0 Å². The van der Waals surface area contributed by atoms with E-state index in [0.717, 1.165) is 47.4 Å². The Morgan fingerprint density at radius 1 is 0.878 bits per heavy atom. The van der Waals surface area contributed by atoms with Crippen molar-refractivity contribution in [3.05, 3.63) is 66.6 Å². The minimum Gasteiger partial charge on any atom is -0.383 e. The molecule has 0 spiro atoms. The van der Waals surface area contributed by atoms with Gasteiger partial charge >= 0.3 is 0 Å². The lowest BCUT2D eigenvalue weighted by atomic mass is 9.90. The summed E-state index contributed by atoms with van der Waals surface area (Å²) in [6.07, 6.45) is 6.17. The van der Waals surface area contributed by atoms with Crippen LogP contribution in [0.1, 0.15) is 37.4 Å². The summed E-state index contributed by atoms with van der Waals surface area (Å²) in [6.45, 7) is 5.44. The van der Waals surface area contributed by atoms with E-state index < -0.39 is 0 Å². The minimum atomic E-state index is 0.325. The topological polar surface area (TPSA) is 93.1 Å². The van der Waals surface area contributed by atoms with E-state index in [4.69, 9.17) is 10.8 Å². The molecule has 0 atom stereocenters. The van der Waals surface area contributed by atoms with E-state index >= 15 is 0 Å². The fourth-order valence-corrected chi connectivity index (χ4v) is 6.76. The number of para-hydroxylation sites is 1. The number of likely N-dealkylation sites (N-methyl/N-ethyl adjacent to an activating group) is 1. The van der Waals surface area contributed by atoms with Gasteiger partial charge in [0.15, 0.2) is 5.65 Å². The number of aromatic nitrogens is 5. The van der Waals surface area contributed by atoms with E-state index in [2.05, 4.69) is 103 Å². The van der Waals surface area contributed by atoms with Gasteiger partial charge in [0.2, 0.25) is 0 Å². The van der Waals surface area contributed by atoms with E-state index in [0.29, 0.717) is 17.9 Å². The number of hydrogen-bond donors (Lipinski definition) is 2. The van der Waals surface area contributed by atoms with Gasteiger partial charge in [-0.3, -0.25) is 4.90 Å². The van der Waals surface area contributed by atoms with E-state index in [-0.39, 0.29) is 0 Å². The van der Waals surface area contributed by atoms with Crippen molar-refractivity contribution in [2.24, 2.45) is 7.05 Å². The van der Waals surface area contributed by atoms with Crippen LogP contribution in [0, 0.1) is 0 Å². The molecule has 9 heteroatoms. The molecule has 1 aliphatic heterocycles. The van der Waals surface area contributed by atoms with Crippen LogP contribution in [-0.2, 0) is 13.6 Å². The maximum atomic E-state index is 6.43. The SMILES string of the molecule is CN1CCN([C@H]2CC[C@@H](n3nc(-c4ccc(NCc5cc6ccccc6n5C)cc4)c4c(N)ncnc43)CC2)CC1. The van der Waals surface area contributed by atoms with E-state index in [1.807, 2.05) is 0 Å². The van der Waals surface area contributed by atoms with Gasteiger partial charge in [0, 0.05) is 61.7 Å². The van der Waals surface area contributed by atoms with Crippen molar-refractivity contribution in [2.45, 2.75) is 44.3 Å².